The number of methoxy groups -OCH3 is 1. The van der Waals surface area contributed by atoms with E-state index < -0.39 is 10.5 Å². The van der Waals surface area contributed by atoms with Gasteiger partial charge in [0.2, 0.25) is 5.82 Å². The highest BCUT2D eigenvalue weighted by Crippen LogP contribution is 2.26. The minimum absolute atomic E-state index is 0.0230. The number of anilines is 1. The Morgan fingerprint density at radius 3 is 3.05 bits per heavy atom. The Labute approximate surface area is 111 Å². The van der Waals surface area contributed by atoms with Gasteiger partial charge in [-0.15, -0.1) is 0 Å². The van der Waals surface area contributed by atoms with Gasteiger partial charge in [-0.2, -0.15) is 0 Å². The molecular formula is C12H17N3O4. The van der Waals surface area contributed by atoms with Crippen molar-refractivity contribution in [3.63, 3.8) is 0 Å². The van der Waals surface area contributed by atoms with Crippen molar-refractivity contribution < 1.29 is 14.4 Å². The highest BCUT2D eigenvalue weighted by atomic mass is 16.6. The molecule has 1 fully saturated rings. The summed E-state index contributed by atoms with van der Waals surface area (Å²) in [5.41, 5.74) is 0.300. The molecule has 1 atom stereocenters. The molecule has 0 amide bonds. The molecule has 1 aromatic heterocycles. The molecule has 1 unspecified atom stereocenters. The number of aryl methyl sites for hydroxylation is 1. The minimum Gasteiger partial charge on any atom is -0.378 e. The lowest BCUT2D eigenvalue weighted by Gasteiger charge is -2.26. The largest absolute Gasteiger partial charge is 0.378 e. The number of hydrogen-bond donors (Lipinski definition) is 1. The lowest BCUT2D eigenvalue weighted by molar-refractivity contribution is -0.384. The SMILES string of the molecule is COC1(CNc2ncc(C)cc2[N+](=O)[O-])CCOC1. The Morgan fingerprint density at radius 2 is 2.47 bits per heavy atom. The lowest BCUT2D eigenvalue weighted by atomic mass is 10.0. The first-order valence-electron chi connectivity index (χ1n) is 6.04. The van der Waals surface area contributed by atoms with Crippen molar-refractivity contribution in [2.45, 2.75) is 18.9 Å². The maximum atomic E-state index is 11.0. The lowest BCUT2D eigenvalue weighted by Crippen LogP contribution is -2.39. The number of aromatic nitrogens is 1. The third kappa shape index (κ3) is 2.99. The van der Waals surface area contributed by atoms with Crippen LogP contribution in [0, 0.1) is 17.0 Å². The molecule has 1 aliphatic rings. The molecule has 19 heavy (non-hydrogen) atoms. The molecule has 0 radical (unpaired) electrons. The molecule has 104 valence electrons. The summed E-state index contributed by atoms with van der Waals surface area (Å²) >= 11 is 0. The number of nitrogens with zero attached hydrogens (tertiary/aromatic N) is 2. The van der Waals surface area contributed by atoms with Gasteiger partial charge >= 0.3 is 5.69 Å². The molecule has 1 saturated heterocycles. The van der Waals surface area contributed by atoms with Crippen molar-refractivity contribution in [2.75, 3.05) is 32.2 Å². The zero-order valence-corrected chi connectivity index (χ0v) is 11.0. The summed E-state index contributed by atoms with van der Waals surface area (Å²) in [7, 11) is 1.62. The van der Waals surface area contributed by atoms with Crippen LogP contribution in [0.25, 0.3) is 0 Å². The van der Waals surface area contributed by atoms with Crippen molar-refractivity contribution in [1.29, 1.82) is 0 Å². The summed E-state index contributed by atoms with van der Waals surface area (Å²) in [5.74, 6) is 0.263. The molecular weight excluding hydrogens is 250 g/mol. The predicted octanol–water partition coefficient (Wildman–Crippen LogP) is 1.52. The second kappa shape index (κ2) is 5.50. The van der Waals surface area contributed by atoms with Gasteiger partial charge in [0.1, 0.15) is 5.60 Å². The monoisotopic (exact) mass is 267 g/mol. The number of hydrogen-bond acceptors (Lipinski definition) is 6. The second-order valence-electron chi connectivity index (χ2n) is 4.68. The molecule has 1 aromatic rings. The summed E-state index contributed by atoms with van der Waals surface area (Å²) in [6, 6.07) is 1.50. The van der Waals surface area contributed by atoms with Gasteiger partial charge in [0, 0.05) is 38.9 Å². The van der Waals surface area contributed by atoms with E-state index in [0.29, 0.717) is 19.8 Å². The Balaban J connectivity index is 2.13. The van der Waals surface area contributed by atoms with Gasteiger partial charge in [0.15, 0.2) is 0 Å². The fourth-order valence-electron chi connectivity index (χ4n) is 2.04. The summed E-state index contributed by atoms with van der Waals surface area (Å²) in [6.45, 7) is 3.32. The first-order valence-corrected chi connectivity index (χ1v) is 6.04. The van der Waals surface area contributed by atoms with Gasteiger partial charge in [-0.1, -0.05) is 0 Å². The van der Waals surface area contributed by atoms with Gasteiger partial charge in [-0.25, -0.2) is 4.98 Å². The van der Waals surface area contributed by atoms with E-state index in [-0.39, 0.29) is 11.5 Å². The first-order chi connectivity index (χ1) is 9.06. The summed E-state index contributed by atoms with van der Waals surface area (Å²) in [4.78, 5) is 14.6. The van der Waals surface area contributed by atoms with E-state index in [1.54, 1.807) is 20.2 Å². The van der Waals surface area contributed by atoms with E-state index in [0.717, 1.165) is 12.0 Å². The minimum atomic E-state index is -0.438. The van der Waals surface area contributed by atoms with Gasteiger partial charge in [-0.05, 0) is 12.5 Å². The maximum absolute atomic E-state index is 11.0. The molecule has 2 heterocycles. The van der Waals surface area contributed by atoms with Crippen molar-refractivity contribution >= 4 is 11.5 Å². The van der Waals surface area contributed by atoms with Crippen molar-refractivity contribution in [3.05, 3.63) is 27.9 Å². The number of rotatable bonds is 5. The molecule has 0 spiro atoms. The highest BCUT2D eigenvalue weighted by molar-refractivity contribution is 5.56. The van der Waals surface area contributed by atoms with Crippen LogP contribution in [0.5, 0.6) is 0 Å². The van der Waals surface area contributed by atoms with Crippen LogP contribution >= 0.6 is 0 Å². The fourth-order valence-corrected chi connectivity index (χ4v) is 2.04. The van der Waals surface area contributed by atoms with Gasteiger partial charge < -0.3 is 14.8 Å². The predicted molar refractivity (Wildman–Crippen MR) is 69.3 cm³/mol. The molecule has 7 nitrogen and oxygen atoms in total. The number of ether oxygens (including phenoxy) is 2. The normalized spacial score (nSPS) is 22.4. The standard InChI is InChI=1S/C12H17N3O4/c1-9-5-10(15(16)17)11(13-6-9)14-7-12(18-2)3-4-19-8-12/h5-6H,3-4,7-8H2,1-2H3,(H,13,14). The van der Waals surface area contributed by atoms with E-state index in [1.165, 1.54) is 6.07 Å². The quantitative estimate of drug-likeness (QED) is 0.643. The summed E-state index contributed by atoms with van der Waals surface area (Å²) < 4.78 is 10.8. The molecule has 2 rings (SSSR count). The van der Waals surface area contributed by atoms with E-state index in [9.17, 15) is 10.1 Å². The molecule has 0 bridgehead atoms. The van der Waals surface area contributed by atoms with Crippen molar-refractivity contribution in [1.82, 2.24) is 4.98 Å². The second-order valence-corrected chi connectivity index (χ2v) is 4.68. The fraction of sp³-hybridized carbons (Fsp3) is 0.583. The number of nitro groups is 1. The van der Waals surface area contributed by atoms with Crippen molar-refractivity contribution in [3.8, 4) is 0 Å². The maximum Gasteiger partial charge on any atom is 0.311 e. The molecule has 0 saturated carbocycles. The van der Waals surface area contributed by atoms with Gasteiger partial charge in [0.25, 0.3) is 0 Å². The molecule has 0 aromatic carbocycles. The van der Waals surface area contributed by atoms with Crippen molar-refractivity contribution in [2.24, 2.45) is 0 Å². The van der Waals surface area contributed by atoms with E-state index >= 15 is 0 Å². The Bertz CT molecular complexity index is 472. The topological polar surface area (TPSA) is 86.5 Å². The van der Waals surface area contributed by atoms with E-state index in [4.69, 9.17) is 9.47 Å². The summed E-state index contributed by atoms with van der Waals surface area (Å²) in [6.07, 6.45) is 2.36. The van der Waals surface area contributed by atoms with Gasteiger partial charge in [0.05, 0.1) is 11.5 Å². The molecule has 1 N–H and O–H groups in total. The molecule has 0 aliphatic carbocycles. The zero-order chi connectivity index (χ0) is 13.9. The van der Waals surface area contributed by atoms with Crippen LogP contribution in [0.3, 0.4) is 0 Å². The van der Waals surface area contributed by atoms with Crippen LogP contribution in [0.4, 0.5) is 11.5 Å². The highest BCUT2D eigenvalue weighted by Gasteiger charge is 2.35. The van der Waals surface area contributed by atoms with Crippen LogP contribution < -0.4 is 5.32 Å². The van der Waals surface area contributed by atoms with E-state index in [1.807, 2.05) is 0 Å². The number of pyridine rings is 1. The Morgan fingerprint density at radius 1 is 1.68 bits per heavy atom. The number of nitrogens with one attached hydrogen (secondary N) is 1. The Hall–Kier alpha value is -1.73. The Kier molecular flexibility index (Phi) is 3.96. The average molecular weight is 267 g/mol. The molecule has 7 heteroatoms. The van der Waals surface area contributed by atoms with Crippen LogP contribution in [0.15, 0.2) is 12.3 Å². The summed E-state index contributed by atoms with van der Waals surface area (Å²) in [5, 5.41) is 14.0. The third-order valence-electron chi connectivity index (χ3n) is 3.28. The third-order valence-corrected chi connectivity index (χ3v) is 3.28. The van der Waals surface area contributed by atoms with Crippen LogP contribution in [0.1, 0.15) is 12.0 Å². The average Bonchev–Trinajstić information content (AvgIpc) is 2.86. The van der Waals surface area contributed by atoms with Crippen LogP contribution in [-0.4, -0.2) is 42.4 Å². The zero-order valence-electron chi connectivity index (χ0n) is 11.0. The van der Waals surface area contributed by atoms with Gasteiger partial charge in [-0.3, -0.25) is 10.1 Å². The molecule has 1 aliphatic heterocycles. The van der Waals surface area contributed by atoms with Crippen LogP contribution in [-0.2, 0) is 9.47 Å². The first kappa shape index (κ1) is 13.7. The smallest absolute Gasteiger partial charge is 0.311 e. The van der Waals surface area contributed by atoms with E-state index in [2.05, 4.69) is 10.3 Å². The van der Waals surface area contributed by atoms with Crippen LogP contribution in [0.2, 0.25) is 0 Å².